The molecule has 2 heterocycles. The van der Waals surface area contributed by atoms with Crippen molar-refractivity contribution >= 4 is 16.9 Å². The number of para-hydroxylation sites is 1. The Labute approximate surface area is 124 Å². The lowest BCUT2D eigenvalue weighted by Crippen LogP contribution is -2.38. The highest BCUT2D eigenvalue weighted by atomic mass is 16.4. The molecule has 0 amide bonds. The van der Waals surface area contributed by atoms with Crippen LogP contribution in [0.3, 0.4) is 0 Å². The standard InChI is InChI=1S/C17H21NO3/c1-2-12-7-5-6-10-18(12)11-14-13-8-3-4-9-15(13)21-16(14)17(19)20/h3-4,8-9,12H,2,5-7,10-11H2,1H3,(H,19,20). The van der Waals surface area contributed by atoms with Crippen molar-refractivity contribution in [3.8, 4) is 0 Å². The summed E-state index contributed by atoms with van der Waals surface area (Å²) in [5.74, 6) is -0.886. The fourth-order valence-electron chi connectivity index (χ4n) is 3.36. The van der Waals surface area contributed by atoms with Gasteiger partial charge in [0.1, 0.15) is 5.58 Å². The average Bonchev–Trinajstić information content (AvgIpc) is 2.87. The lowest BCUT2D eigenvalue weighted by Gasteiger charge is -2.35. The van der Waals surface area contributed by atoms with Gasteiger partial charge in [0.25, 0.3) is 0 Å². The van der Waals surface area contributed by atoms with E-state index in [1.54, 1.807) is 0 Å². The lowest BCUT2D eigenvalue weighted by molar-refractivity contribution is 0.0658. The zero-order valence-corrected chi connectivity index (χ0v) is 12.3. The topological polar surface area (TPSA) is 53.7 Å². The van der Waals surface area contributed by atoms with Gasteiger partial charge < -0.3 is 9.52 Å². The number of carbonyl (C=O) groups is 1. The van der Waals surface area contributed by atoms with Crippen molar-refractivity contribution < 1.29 is 14.3 Å². The summed E-state index contributed by atoms with van der Waals surface area (Å²) < 4.78 is 5.54. The zero-order valence-electron chi connectivity index (χ0n) is 12.3. The Morgan fingerprint density at radius 1 is 1.38 bits per heavy atom. The van der Waals surface area contributed by atoms with Crippen LogP contribution >= 0.6 is 0 Å². The van der Waals surface area contributed by atoms with Crippen LogP contribution in [0.2, 0.25) is 0 Å². The molecule has 0 spiro atoms. The van der Waals surface area contributed by atoms with Crippen LogP contribution in [-0.4, -0.2) is 28.6 Å². The van der Waals surface area contributed by atoms with Gasteiger partial charge in [-0.15, -0.1) is 0 Å². The van der Waals surface area contributed by atoms with Crippen LogP contribution in [0.1, 0.15) is 48.7 Å². The molecule has 0 bridgehead atoms. The number of rotatable bonds is 4. The van der Waals surface area contributed by atoms with Gasteiger partial charge in [0, 0.05) is 23.5 Å². The molecule has 1 aromatic heterocycles. The minimum absolute atomic E-state index is 0.0941. The predicted molar refractivity (Wildman–Crippen MR) is 81.5 cm³/mol. The highest BCUT2D eigenvalue weighted by molar-refractivity contribution is 5.95. The number of fused-ring (bicyclic) bond motifs is 1. The fourth-order valence-corrected chi connectivity index (χ4v) is 3.36. The Morgan fingerprint density at radius 3 is 2.95 bits per heavy atom. The van der Waals surface area contributed by atoms with Crippen molar-refractivity contribution in [2.75, 3.05) is 6.54 Å². The minimum atomic E-state index is -0.980. The lowest BCUT2D eigenvalue weighted by atomic mass is 9.98. The Balaban J connectivity index is 1.98. The summed E-state index contributed by atoms with van der Waals surface area (Å²) in [6.45, 7) is 3.91. The van der Waals surface area contributed by atoms with Crippen LogP contribution < -0.4 is 0 Å². The van der Waals surface area contributed by atoms with E-state index in [1.165, 1.54) is 19.3 Å². The second-order valence-electron chi connectivity index (χ2n) is 5.74. The molecule has 0 saturated carbocycles. The molecule has 4 nitrogen and oxygen atoms in total. The van der Waals surface area contributed by atoms with E-state index in [0.717, 1.165) is 23.9 Å². The second kappa shape index (κ2) is 5.90. The number of furan rings is 1. The third-order valence-corrected chi connectivity index (χ3v) is 4.47. The van der Waals surface area contributed by atoms with Gasteiger partial charge in [-0.05, 0) is 31.9 Å². The van der Waals surface area contributed by atoms with Crippen LogP contribution in [-0.2, 0) is 6.54 Å². The number of hydrogen-bond donors (Lipinski definition) is 1. The maximum Gasteiger partial charge on any atom is 0.372 e. The molecule has 1 aliphatic rings. The largest absolute Gasteiger partial charge is 0.475 e. The van der Waals surface area contributed by atoms with E-state index in [2.05, 4.69) is 11.8 Å². The van der Waals surface area contributed by atoms with Gasteiger partial charge in [-0.3, -0.25) is 4.90 Å². The summed E-state index contributed by atoms with van der Waals surface area (Å²) >= 11 is 0. The number of carboxylic acids is 1. The van der Waals surface area contributed by atoms with E-state index in [9.17, 15) is 9.90 Å². The highest BCUT2D eigenvalue weighted by Gasteiger charge is 2.26. The molecular formula is C17H21NO3. The Kier molecular flexibility index (Phi) is 3.97. The number of benzene rings is 1. The van der Waals surface area contributed by atoms with Crippen LogP contribution in [0, 0.1) is 0 Å². The first kappa shape index (κ1) is 14.1. The Bertz CT molecular complexity index is 647. The van der Waals surface area contributed by atoms with E-state index in [1.807, 2.05) is 24.3 Å². The van der Waals surface area contributed by atoms with E-state index in [0.29, 0.717) is 18.2 Å². The number of carboxylic acid groups (broad SMARTS) is 1. The fraction of sp³-hybridized carbons (Fsp3) is 0.471. The Hall–Kier alpha value is -1.81. The minimum Gasteiger partial charge on any atom is -0.475 e. The van der Waals surface area contributed by atoms with E-state index >= 15 is 0 Å². The molecule has 1 atom stereocenters. The average molecular weight is 287 g/mol. The quantitative estimate of drug-likeness (QED) is 0.926. The maximum atomic E-state index is 11.5. The SMILES string of the molecule is CCC1CCCCN1Cc1c(C(=O)O)oc2ccccc12. The van der Waals surface area contributed by atoms with Gasteiger partial charge >= 0.3 is 5.97 Å². The molecular weight excluding hydrogens is 266 g/mol. The first-order chi connectivity index (χ1) is 10.2. The molecule has 1 saturated heterocycles. The molecule has 0 radical (unpaired) electrons. The number of aromatic carboxylic acids is 1. The summed E-state index contributed by atoms with van der Waals surface area (Å²) in [5, 5.41) is 10.3. The smallest absolute Gasteiger partial charge is 0.372 e. The molecule has 112 valence electrons. The number of nitrogens with zero attached hydrogens (tertiary/aromatic N) is 1. The third-order valence-electron chi connectivity index (χ3n) is 4.47. The first-order valence-electron chi connectivity index (χ1n) is 7.68. The van der Waals surface area contributed by atoms with Crippen molar-refractivity contribution in [2.45, 2.75) is 45.2 Å². The van der Waals surface area contributed by atoms with Crippen LogP contribution in [0.25, 0.3) is 11.0 Å². The molecule has 4 heteroatoms. The summed E-state index contributed by atoms with van der Waals surface area (Å²) in [7, 11) is 0. The third kappa shape index (κ3) is 2.68. The summed E-state index contributed by atoms with van der Waals surface area (Å²) in [4.78, 5) is 13.9. The highest BCUT2D eigenvalue weighted by Crippen LogP contribution is 2.30. The number of hydrogen-bond acceptors (Lipinski definition) is 3. The van der Waals surface area contributed by atoms with E-state index in [-0.39, 0.29) is 5.76 Å². The molecule has 2 aromatic rings. The van der Waals surface area contributed by atoms with Crippen molar-refractivity contribution in [3.05, 3.63) is 35.6 Å². The van der Waals surface area contributed by atoms with Crippen molar-refractivity contribution in [3.63, 3.8) is 0 Å². The molecule has 1 aliphatic heterocycles. The summed E-state index contributed by atoms with van der Waals surface area (Å²) in [5.41, 5.74) is 1.48. The molecule has 21 heavy (non-hydrogen) atoms. The van der Waals surface area contributed by atoms with Crippen molar-refractivity contribution in [1.29, 1.82) is 0 Å². The van der Waals surface area contributed by atoms with Crippen molar-refractivity contribution in [2.24, 2.45) is 0 Å². The van der Waals surface area contributed by atoms with Gasteiger partial charge in [0.05, 0.1) is 0 Å². The normalized spacial score (nSPS) is 20.0. The molecule has 3 rings (SSSR count). The molecule has 0 aliphatic carbocycles. The second-order valence-corrected chi connectivity index (χ2v) is 5.74. The van der Waals surface area contributed by atoms with Gasteiger partial charge in [-0.2, -0.15) is 0 Å². The summed E-state index contributed by atoms with van der Waals surface area (Å²) in [6, 6.07) is 8.14. The predicted octanol–water partition coefficient (Wildman–Crippen LogP) is 3.90. The monoisotopic (exact) mass is 287 g/mol. The van der Waals surface area contributed by atoms with Gasteiger partial charge in [-0.1, -0.05) is 31.5 Å². The first-order valence-corrected chi connectivity index (χ1v) is 7.68. The van der Waals surface area contributed by atoms with E-state index < -0.39 is 5.97 Å². The molecule has 1 unspecified atom stereocenters. The van der Waals surface area contributed by atoms with Crippen LogP contribution in [0.4, 0.5) is 0 Å². The summed E-state index contributed by atoms with van der Waals surface area (Å²) in [6.07, 6.45) is 4.77. The maximum absolute atomic E-state index is 11.5. The molecule has 1 fully saturated rings. The molecule has 1 N–H and O–H groups in total. The van der Waals surface area contributed by atoms with Gasteiger partial charge in [0.15, 0.2) is 0 Å². The number of likely N-dealkylation sites (tertiary alicyclic amines) is 1. The van der Waals surface area contributed by atoms with Gasteiger partial charge in [0.2, 0.25) is 5.76 Å². The van der Waals surface area contributed by atoms with Crippen LogP contribution in [0.5, 0.6) is 0 Å². The van der Waals surface area contributed by atoms with Crippen LogP contribution in [0.15, 0.2) is 28.7 Å². The molecule has 1 aromatic carbocycles. The number of piperidine rings is 1. The van der Waals surface area contributed by atoms with Gasteiger partial charge in [-0.25, -0.2) is 4.79 Å². The van der Waals surface area contributed by atoms with Crippen molar-refractivity contribution in [1.82, 2.24) is 4.90 Å². The van der Waals surface area contributed by atoms with E-state index in [4.69, 9.17) is 4.42 Å². The Morgan fingerprint density at radius 2 is 2.19 bits per heavy atom. The zero-order chi connectivity index (χ0) is 14.8.